The summed E-state index contributed by atoms with van der Waals surface area (Å²) in [6.07, 6.45) is 3.49. The first-order chi connectivity index (χ1) is 10.6. The molecule has 0 saturated heterocycles. The van der Waals surface area contributed by atoms with E-state index in [0.29, 0.717) is 12.3 Å². The first kappa shape index (κ1) is 14.7. The summed E-state index contributed by atoms with van der Waals surface area (Å²) in [5.74, 6) is 1.71. The number of amides is 1. The molecule has 0 unspecified atom stereocenters. The van der Waals surface area contributed by atoms with Crippen molar-refractivity contribution in [1.82, 2.24) is 4.90 Å². The van der Waals surface area contributed by atoms with Gasteiger partial charge in [-0.15, -0.1) is 0 Å². The van der Waals surface area contributed by atoms with E-state index in [4.69, 9.17) is 9.15 Å². The first-order valence-electron chi connectivity index (χ1n) is 7.65. The number of para-hydroxylation sites is 1. The molecule has 1 aliphatic heterocycles. The molecule has 3 rings (SSSR count). The summed E-state index contributed by atoms with van der Waals surface area (Å²) >= 11 is 0. The molecule has 1 amide bonds. The first-order valence-corrected chi connectivity index (χ1v) is 7.65. The van der Waals surface area contributed by atoms with Crippen molar-refractivity contribution in [3.8, 4) is 5.75 Å². The molecule has 0 aliphatic carbocycles. The molecule has 0 spiro atoms. The Labute approximate surface area is 130 Å². The average Bonchev–Trinajstić information content (AvgIpc) is 2.84. The SMILES string of the molecule is CC(C)(Oc1ccccc1)C(=O)N1CCCc2occc2C1. The van der Waals surface area contributed by atoms with Crippen molar-refractivity contribution in [1.29, 1.82) is 0 Å². The normalized spacial score (nSPS) is 15.1. The largest absolute Gasteiger partial charge is 0.478 e. The van der Waals surface area contributed by atoms with Gasteiger partial charge in [0.2, 0.25) is 0 Å². The van der Waals surface area contributed by atoms with Crippen LogP contribution in [-0.4, -0.2) is 23.0 Å². The topological polar surface area (TPSA) is 42.7 Å². The number of benzene rings is 1. The van der Waals surface area contributed by atoms with E-state index in [9.17, 15) is 4.79 Å². The second-order valence-corrected chi connectivity index (χ2v) is 6.12. The van der Waals surface area contributed by atoms with Crippen LogP contribution in [0, 0.1) is 0 Å². The van der Waals surface area contributed by atoms with Crippen LogP contribution >= 0.6 is 0 Å². The predicted molar refractivity (Wildman–Crippen MR) is 83.6 cm³/mol. The number of fused-ring (bicyclic) bond motifs is 1. The number of carbonyl (C=O) groups excluding carboxylic acids is 1. The fourth-order valence-electron chi connectivity index (χ4n) is 2.82. The summed E-state index contributed by atoms with van der Waals surface area (Å²) in [5, 5.41) is 0. The fraction of sp³-hybridized carbons (Fsp3) is 0.389. The number of rotatable bonds is 3. The third-order valence-corrected chi connectivity index (χ3v) is 3.95. The highest BCUT2D eigenvalue weighted by molar-refractivity contribution is 5.84. The lowest BCUT2D eigenvalue weighted by molar-refractivity contribution is -0.146. The van der Waals surface area contributed by atoms with Crippen LogP contribution in [0.3, 0.4) is 0 Å². The number of ether oxygens (including phenoxy) is 1. The van der Waals surface area contributed by atoms with Crippen LogP contribution in [0.5, 0.6) is 5.75 Å². The van der Waals surface area contributed by atoms with E-state index in [1.54, 1.807) is 6.26 Å². The van der Waals surface area contributed by atoms with Crippen molar-refractivity contribution in [2.24, 2.45) is 0 Å². The number of nitrogens with zero attached hydrogens (tertiary/aromatic N) is 1. The molecular weight excluding hydrogens is 278 g/mol. The van der Waals surface area contributed by atoms with Crippen LogP contribution < -0.4 is 4.74 Å². The maximum atomic E-state index is 12.9. The summed E-state index contributed by atoms with van der Waals surface area (Å²) < 4.78 is 11.4. The maximum absolute atomic E-state index is 12.9. The molecular formula is C18H21NO3. The molecule has 4 heteroatoms. The Bertz CT molecular complexity index is 645. The molecule has 22 heavy (non-hydrogen) atoms. The number of hydrogen-bond acceptors (Lipinski definition) is 3. The van der Waals surface area contributed by atoms with Gasteiger partial charge in [0.1, 0.15) is 11.5 Å². The quantitative estimate of drug-likeness (QED) is 0.872. The fourth-order valence-corrected chi connectivity index (χ4v) is 2.82. The summed E-state index contributed by atoms with van der Waals surface area (Å²) in [6.45, 7) is 4.96. The van der Waals surface area contributed by atoms with Crippen LogP contribution in [0.2, 0.25) is 0 Å². The van der Waals surface area contributed by atoms with Gasteiger partial charge in [-0.2, -0.15) is 0 Å². The third kappa shape index (κ3) is 3.01. The molecule has 0 saturated carbocycles. The Morgan fingerprint density at radius 2 is 2.00 bits per heavy atom. The lowest BCUT2D eigenvalue weighted by Gasteiger charge is -2.31. The van der Waals surface area contributed by atoms with Gasteiger partial charge in [-0.25, -0.2) is 0 Å². The van der Waals surface area contributed by atoms with Gasteiger partial charge in [-0.1, -0.05) is 18.2 Å². The van der Waals surface area contributed by atoms with Gasteiger partial charge in [0.15, 0.2) is 5.60 Å². The molecule has 2 aromatic rings. The molecule has 0 bridgehead atoms. The second-order valence-electron chi connectivity index (χ2n) is 6.12. The average molecular weight is 299 g/mol. The summed E-state index contributed by atoms with van der Waals surface area (Å²) in [7, 11) is 0. The minimum atomic E-state index is -0.893. The van der Waals surface area contributed by atoms with Crippen LogP contribution in [0.15, 0.2) is 47.1 Å². The Balaban J connectivity index is 1.75. The van der Waals surface area contributed by atoms with E-state index in [1.165, 1.54) is 0 Å². The van der Waals surface area contributed by atoms with Crippen LogP contribution in [0.25, 0.3) is 0 Å². The zero-order valence-corrected chi connectivity index (χ0v) is 13.0. The minimum Gasteiger partial charge on any atom is -0.478 e. The Morgan fingerprint density at radius 3 is 2.77 bits per heavy atom. The van der Waals surface area contributed by atoms with Gasteiger partial charge in [0.05, 0.1) is 6.26 Å². The molecule has 0 fully saturated rings. The molecule has 0 radical (unpaired) electrons. The van der Waals surface area contributed by atoms with Crippen LogP contribution in [0.1, 0.15) is 31.6 Å². The molecule has 1 aliphatic rings. The number of carbonyl (C=O) groups is 1. The molecule has 1 aromatic carbocycles. The summed E-state index contributed by atoms with van der Waals surface area (Å²) in [6, 6.07) is 11.4. The lowest BCUT2D eigenvalue weighted by Crippen LogP contribution is -2.48. The lowest BCUT2D eigenvalue weighted by atomic mass is 10.1. The molecule has 4 nitrogen and oxygen atoms in total. The minimum absolute atomic E-state index is 0.00500. The van der Waals surface area contributed by atoms with E-state index in [0.717, 1.165) is 30.7 Å². The summed E-state index contributed by atoms with van der Waals surface area (Å²) in [4.78, 5) is 14.7. The zero-order chi connectivity index (χ0) is 15.6. The van der Waals surface area contributed by atoms with E-state index in [1.807, 2.05) is 55.1 Å². The zero-order valence-electron chi connectivity index (χ0n) is 13.0. The molecule has 0 N–H and O–H groups in total. The maximum Gasteiger partial charge on any atom is 0.266 e. The van der Waals surface area contributed by atoms with E-state index in [2.05, 4.69) is 0 Å². The van der Waals surface area contributed by atoms with Gasteiger partial charge in [0, 0.05) is 25.1 Å². The predicted octanol–water partition coefficient (Wildman–Crippen LogP) is 3.41. The highest BCUT2D eigenvalue weighted by Gasteiger charge is 2.35. The van der Waals surface area contributed by atoms with Crippen LogP contribution in [-0.2, 0) is 17.8 Å². The smallest absolute Gasteiger partial charge is 0.266 e. The van der Waals surface area contributed by atoms with Crippen molar-refractivity contribution >= 4 is 5.91 Å². The van der Waals surface area contributed by atoms with Crippen molar-refractivity contribution in [2.45, 2.75) is 38.8 Å². The van der Waals surface area contributed by atoms with E-state index >= 15 is 0 Å². The third-order valence-electron chi connectivity index (χ3n) is 3.95. The van der Waals surface area contributed by atoms with E-state index in [-0.39, 0.29) is 5.91 Å². The van der Waals surface area contributed by atoms with Gasteiger partial charge >= 0.3 is 0 Å². The second kappa shape index (κ2) is 5.87. The van der Waals surface area contributed by atoms with Crippen molar-refractivity contribution in [2.75, 3.05) is 6.54 Å². The standard InChI is InChI=1S/C18H21NO3/c1-18(2,22-15-7-4-3-5-8-15)17(20)19-11-6-9-16-14(13-19)10-12-21-16/h3-5,7-8,10,12H,6,9,11,13H2,1-2H3. The molecule has 0 atom stereocenters. The Morgan fingerprint density at radius 1 is 1.23 bits per heavy atom. The molecule has 2 heterocycles. The highest BCUT2D eigenvalue weighted by atomic mass is 16.5. The molecule has 1 aromatic heterocycles. The highest BCUT2D eigenvalue weighted by Crippen LogP contribution is 2.24. The number of aryl methyl sites for hydroxylation is 1. The monoisotopic (exact) mass is 299 g/mol. The van der Waals surface area contributed by atoms with Crippen molar-refractivity contribution < 1.29 is 13.9 Å². The van der Waals surface area contributed by atoms with Crippen molar-refractivity contribution in [3.05, 3.63) is 54.0 Å². The van der Waals surface area contributed by atoms with Gasteiger partial charge in [0.25, 0.3) is 5.91 Å². The Hall–Kier alpha value is -2.23. The Kier molecular flexibility index (Phi) is 3.92. The van der Waals surface area contributed by atoms with Crippen LogP contribution in [0.4, 0.5) is 0 Å². The number of furan rings is 1. The number of hydrogen-bond donors (Lipinski definition) is 0. The van der Waals surface area contributed by atoms with Gasteiger partial charge < -0.3 is 14.1 Å². The van der Waals surface area contributed by atoms with Gasteiger partial charge in [-0.05, 0) is 38.5 Å². The summed E-state index contributed by atoms with van der Waals surface area (Å²) in [5.41, 5.74) is 0.205. The molecule has 116 valence electrons. The van der Waals surface area contributed by atoms with Crippen molar-refractivity contribution in [3.63, 3.8) is 0 Å². The van der Waals surface area contributed by atoms with E-state index < -0.39 is 5.60 Å². The van der Waals surface area contributed by atoms with Gasteiger partial charge in [-0.3, -0.25) is 4.79 Å².